The van der Waals surface area contributed by atoms with Gasteiger partial charge in [-0.3, -0.25) is 20.4 Å². The Morgan fingerprint density at radius 2 is 1.82 bits per heavy atom. The van der Waals surface area contributed by atoms with E-state index >= 15 is 0 Å². The lowest BCUT2D eigenvalue weighted by molar-refractivity contribution is -0.297. The average Bonchev–Trinajstić information content (AvgIpc) is 2.46. The molecule has 22 heavy (non-hydrogen) atoms. The van der Waals surface area contributed by atoms with Gasteiger partial charge in [0.25, 0.3) is 11.8 Å². The van der Waals surface area contributed by atoms with Gasteiger partial charge in [0.2, 0.25) is 0 Å². The monoisotopic (exact) mass is 305 g/mol. The molecular formula is C15H17N2O5-. The maximum absolute atomic E-state index is 11.7. The molecule has 0 radical (unpaired) electrons. The van der Waals surface area contributed by atoms with Gasteiger partial charge >= 0.3 is 0 Å². The molecule has 0 saturated carbocycles. The third kappa shape index (κ3) is 5.66. The number of aliphatic carboxylic acids is 1. The molecule has 0 aliphatic carbocycles. The van der Waals surface area contributed by atoms with Gasteiger partial charge in [-0.15, -0.1) is 0 Å². The van der Waals surface area contributed by atoms with E-state index in [0.29, 0.717) is 11.8 Å². The molecule has 0 bridgehead atoms. The van der Waals surface area contributed by atoms with Crippen molar-refractivity contribution in [1.29, 1.82) is 0 Å². The second kappa shape index (κ2) is 7.82. The smallest absolute Gasteiger partial charge is 0.279 e. The number of hydrazine groups is 1. The summed E-state index contributed by atoms with van der Waals surface area (Å²) in [6, 6.07) is 5.43. The molecule has 0 saturated heterocycles. The van der Waals surface area contributed by atoms with E-state index in [4.69, 9.17) is 4.74 Å². The molecule has 0 aliphatic heterocycles. The number of carboxylic acids is 1. The summed E-state index contributed by atoms with van der Waals surface area (Å²) in [5.74, 6) is -2.34. The fraction of sp³-hybridized carbons (Fsp3) is 0.267. The number of ether oxygens (including phenoxy) is 1. The minimum atomic E-state index is -1.51. The summed E-state index contributed by atoms with van der Waals surface area (Å²) in [6.07, 6.45) is 0.438. The van der Waals surface area contributed by atoms with Gasteiger partial charge in [0.05, 0.1) is 5.97 Å². The van der Waals surface area contributed by atoms with E-state index in [9.17, 15) is 19.5 Å². The second-order valence-electron chi connectivity index (χ2n) is 4.64. The van der Waals surface area contributed by atoms with Crippen LogP contribution in [0.1, 0.15) is 18.1 Å². The molecule has 1 aromatic carbocycles. The zero-order valence-corrected chi connectivity index (χ0v) is 12.5. The fourth-order valence-electron chi connectivity index (χ4n) is 1.46. The Morgan fingerprint density at radius 1 is 1.14 bits per heavy atom. The van der Waals surface area contributed by atoms with Crippen molar-refractivity contribution in [2.75, 3.05) is 0 Å². The number of carbonyl (C=O) groups is 3. The lowest BCUT2D eigenvalue weighted by Gasteiger charge is -2.15. The predicted molar refractivity (Wildman–Crippen MR) is 76.4 cm³/mol. The number of aryl methyl sites for hydroxylation is 2. The van der Waals surface area contributed by atoms with Crippen LogP contribution < -0.4 is 20.7 Å². The standard InChI is InChI=1S/C15H18N2O5/c1-9-4-5-12(8-10(9)2)22-11(3)15(21)17-16-13(18)6-7-14(19)20/h4-8,11H,1-3H3,(H,16,18)(H,17,21)(H,19,20)/p-1/b7-6+/t11-/m0/s1. The zero-order chi connectivity index (χ0) is 16.7. The normalized spacial score (nSPS) is 11.8. The largest absolute Gasteiger partial charge is 0.545 e. The topological polar surface area (TPSA) is 108 Å². The van der Waals surface area contributed by atoms with Crippen LogP contribution in [0, 0.1) is 13.8 Å². The lowest BCUT2D eigenvalue weighted by Crippen LogP contribution is -2.46. The molecule has 0 heterocycles. The molecule has 1 aromatic rings. The van der Waals surface area contributed by atoms with E-state index in [0.717, 1.165) is 17.2 Å². The predicted octanol–water partition coefficient (Wildman–Crippen LogP) is -0.476. The van der Waals surface area contributed by atoms with E-state index in [1.165, 1.54) is 6.92 Å². The Labute approximate surface area is 127 Å². The molecule has 0 unspecified atom stereocenters. The molecule has 0 aromatic heterocycles. The van der Waals surface area contributed by atoms with E-state index in [1.54, 1.807) is 12.1 Å². The first kappa shape index (κ1) is 17.2. The van der Waals surface area contributed by atoms with Crippen LogP contribution in [0.25, 0.3) is 0 Å². The van der Waals surface area contributed by atoms with Crippen LogP contribution in [0.2, 0.25) is 0 Å². The van der Waals surface area contributed by atoms with Crippen molar-refractivity contribution >= 4 is 17.8 Å². The van der Waals surface area contributed by atoms with Gasteiger partial charge in [-0.2, -0.15) is 0 Å². The third-order valence-electron chi connectivity index (χ3n) is 2.84. The summed E-state index contributed by atoms with van der Waals surface area (Å²) < 4.78 is 5.46. The van der Waals surface area contributed by atoms with Crippen LogP contribution in [-0.2, 0) is 14.4 Å². The summed E-state index contributed by atoms with van der Waals surface area (Å²) in [7, 11) is 0. The molecule has 7 heteroatoms. The molecular weight excluding hydrogens is 288 g/mol. The number of rotatable bonds is 5. The van der Waals surface area contributed by atoms with Gasteiger partial charge in [0.1, 0.15) is 5.75 Å². The van der Waals surface area contributed by atoms with Gasteiger partial charge in [-0.25, -0.2) is 0 Å². The Bertz CT molecular complexity index is 610. The molecule has 1 rings (SSSR count). The third-order valence-corrected chi connectivity index (χ3v) is 2.84. The van der Waals surface area contributed by atoms with Crippen LogP contribution in [0.4, 0.5) is 0 Å². The first-order chi connectivity index (χ1) is 10.3. The van der Waals surface area contributed by atoms with Crippen LogP contribution in [-0.4, -0.2) is 23.9 Å². The van der Waals surface area contributed by atoms with Crippen molar-refractivity contribution in [2.45, 2.75) is 26.9 Å². The van der Waals surface area contributed by atoms with Crippen molar-refractivity contribution < 1.29 is 24.2 Å². The van der Waals surface area contributed by atoms with Crippen molar-refractivity contribution in [3.05, 3.63) is 41.5 Å². The molecule has 118 valence electrons. The maximum Gasteiger partial charge on any atom is 0.279 e. The minimum Gasteiger partial charge on any atom is -0.545 e. The van der Waals surface area contributed by atoms with Crippen LogP contribution in [0.15, 0.2) is 30.4 Å². The van der Waals surface area contributed by atoms with E-state index in [-0.39, 0.29) is 0 Å². The Kier molecular flexibility index (Phi) is 6.12. The number of benzene rings is 1. The van der Waals surface area contributed by atoms with Gasteiger partial charge in [-0.05, 0) is 50.1 Å². The molecule has 7 nitrogen and oxygen atoms in total. The average molecular weight is 305 g/mol. The molecule has 0 spiro atoms. The highest BCUT2D eigenvalue weighted by Crippen LogP contribution is 2.17. The number of hydrogen-bond donors (Lipinski definition) is 2. The van der Waals surface area contributed by atoms with Crippen molar-refractivity contribution in [2.24, 2.45) is 0 Å². The van der Waals surface area contributed by atoms with Crippen molar-refractivity contribution in [1.82, 2.24) is 10.9 Å². The number of amides is 2. The highest BCUT2D eigenvalue weighted by molar-refractivity contribution is 5.94. The SMILES string of the molecule is Cc1ccc(O[C@@H](C)C(=O)NNC(=O)/C=C/C(=O)[O-])cc1C. The first-order valence-corrected chi connectivity index (χ1v) is 6.52. The Morgan fingerprint density at radius 3 is 2.41 bits per heavy atom. The summed E-state index contributed by atoms with van der Waals surface area (Å²) in [5.41, 5.74) is 6.29. The van der Waals surface area contributed by atoms with Gasteiger partial charge < -0.3 is 14.6 Å². The number of nitrogens with one attached hydrogen (secondary N) is 2. The molecule has 1 atom stereocenters. The molecule has 2 amide bonds. The summed E-state index contributed by atoms with van der Waals surface area (Å²) in [6.45, 7) is 5.41. The van der Waals surface area contributed by atoms with Crippen LogP contribution in [0.5, 0.6) is 5.75 Å². The molecule has 2 N–H and O–H groups in total. The van der Waals surface area contributed by atoms with Gasteiger partial charge in [0.15, 0.2) is 6.10 Å². The quantitative estimate of drug-likeness (QED) is 0.564. The number of carbonyl (C=O) groups excluding carboxylic acids is 3. The molecule has 0 aliphatic rings. The number of carboxylic acid groups (broad SMARTS) is 1. The summed E-state index contributed by atoms with van der Waals surface area (Å²) >= 11 is 0. The number of hydrogen-bond acceptors (Lipinski definition) is 5. The van der Waals surface area contributed by atoms with Crippen molar-refractivity contribution in [3.63, 3.8) is 0 Å². The van der Waals surface area contributed by atoms with E-state index in [2.05, 4.69) is 5.43 Å². The fourth-order valence-corrected chi connectivity index (χ4v) is 1.46. The lowest BCUT2D eigenvalue weighted by atomic mass is 10.1. The maximum atomic E-state index is 11.7. The first-order valence-electron chi connectivity index (χ1n) is 6.52. The van der Waals surface area contributed by atoms with Crippen molar-refractivity contribution in [3.8, 4) is 5.75 Å². The Hall–Kier alpha value is -2.83. The van der Waals surface area contributed by atoms with Gasteiger partial charge in [-0.1, -0.05) is 6.07 Å². The molecule has 0 fully saturated rings. The summed E-state index contributed by atoms with van der Waals surface area (Å²) in [4.78, 5) is 33.0. The zero-order valence-electron chi connectivity index (χ0n) is 12.5. The van der Waals surface area contributed by atoms with Crippen LogP contribution >= 0.6 is 0 Å². The Balaban J connectivity index is 2.49. The van der Waals surface area contributed by atoms with Gasteiger partial charge in [0, 0.05) is 6.08 Å². The minimum absolute atomic E-state index is 0.536. The highest BCUT2D eigenvalue weighted by atomic mass is 16.5. The van der Waals surface area contributed by atoms with E-state index < -0.39 is 23.9 Å². The second-order valence-corrected chi connectivity index (χ2v) is 4.64. The van der Waals surface area contributed by atoms with E-state index in [1.807, 2.05) is 25.3 Å². The van der Waals surface area contributed by atoms with Crippen LogP contribution in [0.3, 0.4) is 0 Å². The highest BCUT2D eigenvalue weighted by Gasteiger charge is 2.15. The summed E-state index contributed by atoms with van der Waals surface area (Å²) in [5, 5.41) is 10.1.